The summed E-state index contributed by atoms with van der Waals surface area (Å²) in [6.07, 6.45) is -0.475. The lowest BCUT2D eigenvalue weighted by atomic mass is 10.1. The molecule has 0 aliphatic rings. The van der Waals surface area contributed by atoms with E-state index in [2.05, 4.69) is 4.72 Å². The minimum absolute atomic E-state index is 0.0312. The average Bonchev–Trinajstić information content (AvgIpc) is 2.60. The van der Waals surface area contributed by atoms with Crippen molar-refractivity contribution in [2.24, 2.45) is 0 Å². The van der Waals surface area contributed by atoms with E-state index in [0.29, 0.717) is 12.2 Å². The summed E-state index contributed by atoms with van der Waals surface area (Å²) in [5, 5.41) is 10.1. The highest BCUT2D eigenvalue weighted by Gasteiger charge is 2.21. The zero-order valence-electron chi connectivity index (χ0n) is 13.6. The Labute approximate surface area is 142 Å². The third-order valence-corrected chi connectivity index (χ3v) is 4.93. The molecule has 0 heterocycles. The first-order chi connectivity index (χ1) is 11.5. The average molecular weight is 351 g/mol. The van der Waals surface area contributed by atoms with Gasteiger partial charge in [0.15, 0.2) is 0 Å². The van der Waals surface area contributed by atoms with Gasteiger partial charge in [-0.15, -0.1) is 0 Å². The molecule has 2 rings (SSSR count). The van der Waals surface area contributed by atoms with Crippen molar-refractivity contribution < 1.29 is 23.0 Å². The lowest BCUT2D eigenvalue weighted by molar-refractivity contribution is 0.179. The van der Waals surface area contributed by atoms with Gasteiger partial charge >= 0.3 is 0 Å². The minimum Gasteiger partial charge on any atom is -0.497 e. The molecule has 0 spiro atoms. The molecule has 1 atom stereocenters. The Kier molecular flexibility index (Phi) is 6.19. The molecule has 7 heteroatoms. The number of aliphatic hydroxyl groups excluding tert-OH is 1. The first kappa shape index (κ1) is 18.3. The lowest BCUT2D eigenvalue weighted by Crippen LogP contribution is -2.33. The second kappa shape index (κ2) is 8.14. The topological polar surface area (TPSA) is 84.9 Å². The third kappa shape index (κ3) is 4.70. The number of rotatable bonds is 8. The van der Waals surface area contributed by atoms with Gasteiger partial charge in [0.25, 0.3) is 0 Å². The molecular formula is C17H21NO5S. The largest absolute Gasteiger partial charge is 0.497 e. The van der Waals surface area contributed by atoms with Crippen molar-refractivity contribution in [1.82, 2.24) is 4.72 Å². The van der Waals surface area contributed by atoms with Gasteiger partial charge in [0.2, 0.25) is 10.0 Å². The molecule has 0 aliphatic heterocycles. The zero-order chi connectivity index (χ0) is 17.6. The molecule has 0 aromatic heterocycles. The van der Waals surface area contributed by atoms with E-state index in [9.17, 15) is 13.5 Å². The Hall–Kier alpha value is -2.09. The maximum absolute atomic E-state index is 12.5. The fourth-order valence-electron chi connectivity index (χ4n) is 2.24. The first-order valence-corrected chi connectivity index (χ1v) is 8.88. The van der Waals surface area contributed by atoms with Crippen molar-refractivity contribution in [3.8, 4) is 11.5 Å². The van der Waals surface area contributed by atoms with E-state index in [-0.39, 0.29) is 17.2 Å². The number of sulfonamides is 1. The summed E-state index contributed by atoms with van der Waals surface area (Å²) in [6, 6.07) is 13.9. The molecule has 0 amide bonds. The molecule has 0 unspecified atom stereocenters. The normalized spacial score (nSPS) is 12.6. The summed E-state index contributed by atoms with van der Waals surface area (Å²) in [7, 11) is -0.990. The lowest BCUT2D eigenvalue weighted by Gasteiger charge is -2.15. The second-order valence-corrected chi connectivity index (χ2v) is 6.95. The molecule has 130 valence electrons. The van der Waals surface area contributed by atoms with Crippen molar-refractivity contribution in [2.75, 3.05) is 20.8 Å². The van der Waals surface area contributed by atoms with Gasteiger partial charge in [-0.05, 0) is 24.1 Å². The number of aliphatic hydroxyl groups is 1. The molecule has 2 aromatic rings. The molecule has 0 saturated heterocycles. The van der Waals surface area contributed by atoms with Gasteiger partial charge < -0.3 is 14.6 Å². The zero-order valence-corrected chi connectivity index (χ0v) is 14.4. The highest BCUT2D eigenvalue weighted by Crippen LogP contribution is 2.27. The van der Waals surface area contributed by atoms with Gasteiger partial charge in [-0.3, -0.25) is 0 Å². The molecule has 0 aliphatic carbocycles. The number of ether oxygens (including phenoxy) is 2. The Morgan fingerprint density at radius 2 is 1.79 bits per heavy atom. The monoisotopic (exact) mass is 351 g/mol. The van der Waals surface area contributed by atoms with E-state index in [4.69, 9.17) is 9.47 Å². The molecule has 0 radical (unpaired) electrons. The Balaban J connectivity index is 2.08. The maximum atomic E-state index is 12.5. The van der Waals surface area contributed by atoms with E-state index in [0.717, 1.165) is 5.56 Å². The van der Waals surface area contributed by atoms with Crippen molar-refractivity contribution in [3.63, 3.8) is 0 Å². The highest BCUT2D eigenvalue weighted by molar-refractivity contribution is 7.89. The van der Waals surface area contributed by atoms with Gasteiger partial charge in [-0.1, -0.05) is 30.3 Å². The number of hydrogen-bond acceptors (Lipinski definition) is 5. The number of methoxy groups -OCH3 is 2. The number of nitrogens with one attached hydrogen (secondary N) is 1. The van der Waals surface area contributed by atoms with E-state index >= 15 is 0 Å². The molecule has 0 saturated carbocycles. The molecule has 2 aromatic carbocycles. The van der Waals surface area contributed by atoms with Crippen molar-refractivity contribution in [3.05, 3.63) is 54.1 Å². The van der Waals surface area contributed by atoms with E-state index < -0.39 is 16.1 Å². The van der Waals surface area contributed by atoms with E-state index in [1.54, 1.807) is 6.07 Å². The summed E-state index contributed by atoms with van der Waals surface area (Å²) in [5.74, 6) is 0.613. The summed E-state index contributed by atoms with van der Waals surface area (Å²) in [4.78, 5) is -0.0312. The highest BCUT2D eigenvalue weighted by atomic mass is 32.2. The fraction of sp³-hybridized carbons (Fsp3) is 0.294. The molecule has 0 bridgehead atoms. The summed E-state index contributed by atoms with van der Waals surface area (Å²) >= 11 is 0. The predicted octanol–water partition coefficient (Wildman–Crippen LogP) is 1.59. The van der Waals surface area contributed by atoms with Crippen LogP contribution in [-0.2, 0) is 16.4 Å². The van der Waals surface area contributed by atoms with Crippen LogP contribution in [0.4, 0.5) is 0 Å². The van der Waals surface area contributed by atoms with Crippen molar-refractivity contribution >= 4 is 10.0 Å². The Bertz CT molecular complexity index is 762. The van der Waals surface area contributed by atoms with Gasteiger partial charge in [0.1, 0.15) is 16.4 Å². The van der Waals surface area contributed by atoms with Crippen LogP contribution in [0.5, 0.6) is 11.5 Å². The van der Waals surface area contributed by atoms with Crippen molar-refractivity contribution in [2.45, 2.75) is 17.4 Å². The van der Waals surface area contributed by atoms with Gasteiger partial charge in [0.05, 0.1) is 20.3 Å². The van der Waals surface area contributed by atoms with Gasteiger partial charge in [-0.25, -0.2) is 13.1 Å². The molecule has 6 nitrogen and oxygen atoms in total. The van der Waals surface area contributed by atoms with E-state index in [1.807, 2.05) is 30.3 Å². The van der Waals surface area contributed by atoms with Crippen LogP contribution in [0, 0.1) is 0 Å². The molecule has 24 heavy (non-hydrogen) atoms. The fourth-order valence-corrected chi connectivity index (χ4v) is 3.49. The summed E-state index contributed by atoms with van der Waals surface area (Å²) < 4.78 is 37.5. The molecule has 0 fully saturated rings. The standard InChI is InChI=1S/C17H21NO5S/c1-22-15-8-9-16(23-2)17(11-15)24(20,21)18-12-14(19)10-13-6-4-3-5-7-13/h3-9,11,14,18-19H,10,12H2,1-2H3/t14-/m0/s1. The Morgan fingerprint density at radius 1 is 1.08 bits per heavy atom. The van der Waals surface area contributed by atoms with Crippen LogP contribution < -0.4 is 14.2 Å². The van der Waals surface area contributed by atoms with Crippen LogP contribution in [-0.4, -0.2) is 40.4 Å². The summed E-state index contributed by atoms with van der Waals surface area (Å²) in [6.45, 7) is -0.0996. The van der Waals surface area contributed by atoms with Crippen LogP contribution in [0.15, 0.2) is 53.4 Å². The van der Waals surface area contributed by atoms with Crippen LogP contribution in [0.3, 0.4) is 0 Å². The first-order valence-electron chi connectivity index (χ1n) is 7.40. The minimum atomic E-state index is -3.84. The number of benzene rings is 2. The van der Waals surface area contributed by atoms with Crippen molar-refractivity contribution in [1.29, 1.82) is 0 Å². The second-order valence-electron chi connectivity index (χ2n) is 5.21. The SMILES string of the molecule is COc1ccc(OC)c(S(=O)(=O)NC[C@@H](O)Cc2ccccc2)c1. The van der Waals surface area contributed by atoms with Crippen LogP contribution in [0.2, 0.25) is 0 Å². The maximum Gasteiger partial charge on any atom is 0.244 e. The van der Waals surface area contributed by atoms with Gasteiger partial charge in [0, 0.05) is 12.6 Å². The summed E-state index contributed by atoms with van der Waals surface area (Å²) in [5.41, 5.74) is 0.933. The van der Waals surface area contributed by atoms with E-state index in [1.165, 1.54) is 26.4 Å². The third-order valence-electron chi connectivity index (χ3n) is 3.48. The quantitative estimate of drug-likeness (QED) is 0.754. The smallest absolute Gasteiger partial charge is 0.244 e. The van der Waals surface area contributed by atoms with Crippen LogP contribution in [0.1, 0.15) is 5.56 Å². The van der Waals surface area contributed by atoms with Gasteiger partial charge in [-0.2, -0.15) is 0 Å². The molecule has 2 N–H and O–H groups in total. The predicted molar refractivity (Wildman–Crippen MR) is 90.9 cm³/mol. The van der Waals surface area contributed by atoms with Crippen LogP contribution in [0.25, 0.3) is 0 Å². The van der Waals surface area contributed by atoms with Crippen LogP contribution >= 0.6 is 0 Å². The molecular weight excluding hydrogens is 330 g/mol. The number of hydrogen-bond donors (Lipinski definition) is 2. The Morgan fingerprint density at radius 3 is 2.42 bits per heavy atom.